The molecule has 2 fully saturated rings. The lowest BCUT2D eigenvalue weighted by atomic mass is 10.0. The molecule has 214 valence electrons. The number of anilines is 2. The fourth-order valence-electron chi connectivity index (χ4n) is 5.38. The number of carbonyl (C=O) groups excluding carboxylic acids is 1. The van der Waals surface area contributed by atoms with Crippen LogP contribution < -0.4 is 15.4 Å². The molecule has 0 aliphatic carbocycles. The smallest absolute Gasteiger partial charge is 0.254 e. The average molecular weight is 573 g/mol. The van der Waals surface area contributed by atoms with Crippen LogP contribution in [0.5, 0.6) is 0 Å². The zero-order valence-corrected chi connectivity index (χ0v) is 24.3. The molecule has 0 unspecified atom stereocenters. The molecule has 1 amide bonds. The number of piperidine rings is 1. The van der Waals surface area contributed by atoms with E-state index < -0.39 is 10.0 Å². The first-order valence-electron chi connectivity index (χ1n) is 13.7. The van der Waals surface area contributed by atoms with Gasteiger partial charge in [0.25, 0.3) is 5.91 Å². The minimum atomic E-state index is -3.85. The van der Waals surface area contributed by atoms with Gasteiger partial charge in [-0.15, -0.1) is 6.42 Å². The number of hydrogen-bond donors (Lipinski definition) is 2. The second-order valence-electron chi connectivity index (χ2n) is 10.2. The number of para-hydroxylation sites is 1. The number of piperazine rings is 1. The second kappa shape index (κ2) is 12.9. The topological polar surface area (TPSA) is 123 Å². The zero-order chi connectivity index (χ0) is 29.6. The first-order valence-corrected chi connectivity index (χ1v) is 15.2. The highest BCUT2D eigenvalue weighted by atomic mass is 32.2. The zero-order valence-electron chi connectivity index (χ0n) is 23.5. The van der Waals surface area contributed by atoms with Crippen LogP contribution in [0.4, 0.5) is 11.4 Å². The lowest BCUT2D eigenvalue weighted by molar-refractivity contribution is 0.0746. The van der Waals surface area contributed by atoms with E-state index in [-0.39, 0.29) is 16.8 Å². The van der Waals surface area contributed by atoms with Crippen molar-refractivity contribution in [2.24, 2.45) is 5.14 Å². The van der Waals surface area contributed by atoms with Crippen LogP contribution >= 0.6 is 0 Å². The van der Waals surface area contributed by atoms with Crippen molar-refractivity contribution in [2.45, 2.75) is 37.6 Å². The van der Waals surface area contributed by atoms with Crippen LogP contribution in [0.2, 0.25) is 0 Å². The maximum Gasteiger partial charge on any atom is 0.254 e. The summed E-state index contributed by atoms with van der Waals surface area (Å²) in [5.74, 6) is 2.50. The maximum absolute atomic E-state index is 13.4. The highest BCUT2D eigenvalue weighted by Crippen LogP contribution is 2.27. The predicted molar refractivity (Wildman–Crippen MR) is 162 cm³/mol. The molecule has 4 rings (SSSR count). The Morgan fingerprint density at radius 1 is 1.07 bits per heavy atom. The molecule has 2 heterocycles. The Labute approximate surface area is 243 Å². The summed E-state index contributed by atoms with van der Waals surface area (Å²) in [6.45, 7) is 7.33. The number of likely N-dealkylation sites (tertiary alicyclic amines) is 1. The van der Waals surface area contributed by atoms with E-state index in [4.69, 9.17) is 11.6 Å². The second-order valence-corrected chi connectivity index (χ2v) is 11.8. The van der Waals surface area contributed by atoms with E-state index in [1.165, 1.54) is 6.07 Å². The Hall–Kier alpha value is -4.25. The summed E-state index contributed by atoms with van der Waals surface area (Å²) in [7, 11) is -3.85. The van der Waals surface area contributed by atoms with Crippen LogP contribution in [0.3, 0.4) is 0 Å². The lowest BCUT2D eigenvalue weighted by Gasteiger charge is -2.37. The van der Waals surface area contributed by atoms with E-state index in [0.717, 1.165) is 42.9 Å². The van der Waals surface area contributed by atoms with Crippen molar-refractivity contribution >= 4 is 27.3 Å². The molecule has 2 aliphatic rings. The third kappa shape index (κ3) is 6.91. The van der Waals surface area contributed by atoms with Crippen LogP contribution in [-0.2, 0) is 10.0 Å². The summed E-state index contributed by atoms with van der Waals surface area (Å²) in [6, 6.07) is 14.9. The Morgan fingerprint density at radius 2 is 1.76 bits per heavy atom. The van der Waals surface area contributed by atoms with Gasteiger partial charge in [0.05, 0.1) is 17.0 Å². The molecule has 2 aromatic carbocycles. The summed E-state index contributed by atoms with van der Waals surface area (Å²) in [5.41, 5.74) is 4.52. The van der Waals surface area contributed by atoms with Crippen molar-refractivity contribution in [3.63, 3.8) is 0 Å². The fraction of sp³-hybridized carbons (Fsp3) is 0.355. The van der Waals surface area contributed by atoms with E-state index in [1.54, 1.807) is 35.3 Å². The highest BCUT2D eigenvalue weighted by molar-refractivity contribution is 7.89. The summed E-state index contributed by atoms with van der Waals surface area (Å²) in [5, 5.41) is 18.5. The summed E-state index contributed by atoms with van der Waals surface area (Å²) in [4.78, 5) is 19.4. The number of nitriles is 1. The largest absolute Gasteiger partial charge is 0.382 e. The van der Waals surface area contributed by atoms with Crippen molar-refractivity contribution in [1.29, 1.82) is 5.26 Å². The van der Waals surface area contributed by atoms with Crippen LogP contribution in [0, 0.1) is 30.6 Å². The number of allylic oxidation sites excluding steroid dienone is 3. The van der Waals surface area contributed by atoms with Crippen molar-refractivity contribution in [3.8, 4) is 18.4 Å². The van der Waals surface area contributed by atoms with Crippen LogP contribution in [0.1, 0.15) is 35.7 Å². The van der Waals surface area contributed by atoms with Crippen LogP contribution in [0.15, 0.2) is 70.8 Å². The van der Waals surface area contributed by atoms with Gasteiger partial charge in [-0.05, 0) is 56.5 Å². The van der Waals surface area contributed by atoms with Gasteiger partial charge in [-0.1, -0.05) is 30.2 Å². The number of primary sulfonamides is 1. The predicted octanol–water partition coefficient (Wildman–Crippen LogP) is 3.47. The fourth-order valence-corrected chi connectivity index (χ4v) is 6.13. The number of terminal acetylenes is 1. The third-order valence-electron chi connectivity index (χ3n) is 7.66. The van der Waals surface area contributed by atoms with Gasteiger partial charge in [0.15, 0.2) is 0 Å². The molecular weight excluding hydrogens is 536 g/mol. The number of aryl methyl sites for hydroxylation is 1. The quantitative estimate of drug-likeness (QED) is 0.296. The summed E-state index contributed by atoms with van der Waals surface area (Å²) >= 11 is 0. The number of rotatable bonds is 7. The van der Waals surface area contributed by atoms with Crippen LogP contribution in [0.25, 0.3) is 0 Å². The molecule has 0 saturated carbocycles. The van der Waals surface area contributed by atoms with Gasteiger partial charge in [0.2, 0.25) is 10.0 Å². The third-order valence-corrected chi connectivity index (χ3v) is 8.62. The molecule has 2 saturated heterocycles. The molecular formula is C31H36N6O3S. The molecule has 2 aliphatic heterocycles. The van der Waals surface area contributed by atoms with Gasteiger partial charge in [-0.25, -0.2) is 13.6 Å². The number of benzene rings is 2. The normalized spacial score (nSPS) is 17.1. The van der Waals surface area contributed by atoms with Crippen molar-refractivity contribution < 1.29 is 13.2 Å². The van der Waals surface area contributed by atoms with Gasteiger partial charge in [0, 0.05) is 62.6 Å². The summed E-state index contributed by atoms with van der Waals surface area (Å²) in [6.07, 6.45) is 10.7. The van der Waals surface area contributed by atoms with E-state index in [2.05, 4.69) is 22.2 Å². The molecule has 9 nitrogen and oxygen atoms in total. The number of amides is 1. The number of sulfonamides is 1. The molecule has 0 aromatic heterocycles. The monoisotopic (exact) mass is 572 g/mol. The van der Waals surface area contributed by atoms with Crippen molar-refractivity contribution in [3.05, 3.63) is 77.0 Å². The SMILES string of the molecule is C#C/C=C(\C(C#N)=C/C)N1CCC(Nc2cc(C(=O)N3CCN(c4ccccc4S(N)(=O)=O)CC3)ccc2C)CC1. The van der Waals surface area contributed by atoms with Gasteiger partial charge in [0.1, 0.15) is 11.0 Å². The number of nitrogens with one attached hydrogen (secondary N) is 1. The molecule has 2 aromatic rings. The first kappa shape index (κ1) is 29.7. The lowest BCUT2D eigenvalue weighted by Crippen LogP contribution is -2.49. The van der Waals surface area contributed by atoms with E-state index in [0.29, 0.717) is 43.0 Å². The molecule has 41 heavy (non-hydrogen) atoms. The highest BCUT2D eigenvalue weighted by Gasteiger charge is 2.27. The van der Waals surface area contributed by atoms with Gasteiger partial charge < -0.3 is 20.0 Å². The van der Waals surface area contributed by atoms with E-state index in [1.807, 2.05) is 36.9 Å². The molecule has 3 N–H and O–H groups in total. The molecule has 0 spiro atoms. The Kier molecular flexibility index (Phi) is 9.38. The Morgan fingerprint density at radius 3 is 2.37 bits per heavy atom. The standard InChI is InChI=1S/C31H36N6O3S/c1-4-8-28(24(5-2)22-32)35-15-13-26(14-16-35)34-27-21-25(12-11-23(27)3)31(38)37-19-17-36(18-20-37)29-9-6-7-10-30(29)41(33,39)40/h1,5-12,21,26,34H,13-20H2,2-3H3,(H2,33,39,40)/b24-5-,28-8+. The minimum absolute atomic E-state index is 0.0540. The molecule has 0 radical (unpaired) electrons. The van der Waals surface area contributed by atoms with Crippen molar-refractivity contribution in [2.75, 3.05) is 49.5 Å². The number of nitrogens with two attached hydrogens (primary N) is 1. The van der Waals surface area contributed by atoms with Crippen LogP contribution in [-0.4, -0.2) is 69.4 Å². The van der Waals surface area contributed by atoms with E-state index in [9.17, 15) is 18.5 Å². The number of carbonyl (C=O) groups is 1. The Bertz CT molecular complexity index is 1530. The van der Waals surface area contributed by atoms with Gasteiger partial charge in [-0.3, -0.25) is 4.79 Å². The van der Waals surface area contributed by atoms with Gasteiger partial charge in [-0.2, -0.15) is 5.26 Å². The Balaban J connectivity index is 1.38. The molecule has 10 heteroatoms. The molecule has 0 bridgehead atoms. The minimum Gasteiger partial charge on any atom is -0.382 e. The maximum atomic E-state index is 13.4. The van der Waals surface area contributed by atoms with Crippen molar-refractivity contribution in [1.82, 2.24) is 9.80 Å². The molecule has 0 atom stereocenters. The number of hydrogen-bond acceptors (Lipinski definition) is 7. The average Bonchev–Trinajstić information content (AvgIpc) is 2.98. The number of nitrogens with zero attached hydrogens (tertiary/aromatic N) is 4. The first-order chi connectivity index (χ1) is 19.7. The summed E-state index contributed by atoms with van der Waals surface area (Å²) < 4.78 is 24.1. The van der Waals surface area contributed by atoms with Gasteiger partial charge >= 0.3 is 0 Å². The van der Waals surface area contributed by atoms with E-state index >= 15 is 0 Å².